The van der Waals surface area contributed by atoms with Crippen LogP contribution in [-0.4, -0.2) is 17.4 Å². The Morgan fingerprint density at radius 2 is 2.15 bits per heavy atom. The van der Waals surface area contributed by atoms with Crippen LogP contribution in [0.15, 0.2) is 34.1 Å². The van der Waals surface area contributed by atoms with Crippen molar-refractivity contribution < 1.29 is 4.79 Å². The highest BCUT2D eigenvalue weighted by molar-refractivity contribution is 9.10. The van der Waals surface area contributed by atoms with Crippen LogP contribution in [0.4, 0.5) is 0 Å². The molecule has 0 fully saturated rings. The van der Waals surface area contributed by atoms with Gasteiger partial charge in [-0.2, -0.15) is 0 Å². The van der Waals surface area contributed by atoms with Crippen molar-refractivity contribution >= 4 is 33.2 Å². The van der Waals surface area contributed by atoms with E-state index in [1.807, 2.05) is 31.2 Å². The summed E-state index contributed by atoms with van der Waals surface area (Å²) in [6.45, 7) is 2.50. The maximum Gasteiger partial charge on any atom is 0.271 e. The van der Waals surface area contributed by atoms with Crippen molar-refractivity contribution in [1.82, 2.24) is 10.3 Å². The van der Waals surface area contributed by atoms with Gasteiger partial charge in [0.1, 0.15) is 5.69 Å². The molecule has 106 valence electrons. The number of carbonyl (C=O) groups excluding carboxylic acids is 1. The fraction of sp³-hybridized carbons (Fsp3) is 0.286. The maximum absolute atomic E-state index is 12.1. The molecule has 0 aliphatic heterocycles. The molecular weight excluding hydrogens is 338 g/mol. The Bertz CT molecular complexity index is 582. The second kappa shape index (κ2) is 6.97. The number of thiazole rings is 1. The minimum atomic E-state index is -0.153. The van der Waals surface area contributed by atoms with Gasteiger partial charge in [0.05, 0.1) is 11.0 Å². The minimum Gasteiger partial charge on any atom is -0.344 e. The fourth-order valence-corrected chi connectivity index (χ4v) is 2.82. The number of hydrogen-bond donors (Lipinski definition) is 2. The zero-order chi connectivity index (χ0) is 14.5. The van der Waals surface area contributed by atoms with Crippen LogP contribution in [0.3, 0.4) is 0 Å². The summed E-state index contributed by atoms with van der Waals surface area (Å²) in [7, 11) is 0. The van der Waals surface area contributed by atoms with Gasteiger partial charge in [-0.15, -0.1) is 11.3 Å². The highest BCUT2D eigenvalue weighted by atomic mass is 79.9. The van der Waals surface area contributed by atoms with Gasteiger partial charge in [0.25, 0.3) is 5.91 Å². The molecule has 1 aromatic carbocycles. The molecule has 0 saturated carbocycles. The smallest absolute Gasteiger partial charge is 0.271 e. The van der Waals surface area contributed by atoms with E-state index in [1.165, 1.54) is 11.3 Å². The molecular formula is C14H16BrN3OS. The summed E-state index contributed by atoms with van der Waals surface area (Å²) in [5, 5.41) is 5.62. The average molecular weight is 354 g/mol. The number of halogens is 1. The summed E-state index contributed by atoms with van der Waals surface area (Å²) in [4.78, 5) is 16.4. The second-order valence-corrected chi connectivity index (χ2v) is 6.27. The second-order valence-electron chi connectivity index (χ2n) is 4.41. The highest BCUT2D eigenvalue weighted by Gasteiger charge is 2.14. The lowest BCUT2D eigenvalue weighted by Crippen LogP contribution is -2.26. The van der Waals surface area contributed by atoms with Crippen molar-refractivity contribution in [3.63, 3.8) is 0 Å². The van der Waals surface area contributed by atoms with Gasteiger partial charge in [0.15, 0.2) is 0 Å². The van der Waals surface area contributed by atoms with Crippen molar-refractivity contribution in [2.75, 3.05) is 6.54 Å². The van der Waals surface area contributed by atoms with Crippen LogP contribution in [0, 0.1) is 0 Å². The molecule has 6 heteroatoms. The fourth-order valence-electron chi connectivity index (χ4n) is 1.76. The number of benzene rings is 1. The van der Waals surface area contributed by atoms with E-state index in [1.54, 1.807) is 5.38 Å². The van der Waals surface area contributed by atoms with E-state index >= 15 is 0 Å². The number of amides is 1. The third kappa shape index (κ3) is 3.88. The molecule has 0 saturated heterocycles. The first-order chi connectivity index (χ1) is 9.60. The predicted octanol–water partition coefficient (Wildman–Crippen LogP) is 2.90. The molecule has 0 unspecified atom stereocenters. The van der Waals surface area contributed by atoms with E-state index in [-0.39, 0.29) is 11.9 Å². The van der Waals surface area contributed by atoms with Gasteiger partial charge in [-0.3, -0.25) is 4.79 Å². The number of nitrogens with two attached hydrogens (primary N) is 1. The Labute approximate surface area is 130 Å². The molecule has 2 aromatic rings. The molecule has 0 radical (unpaired) electrons. The van der Waals surface area contributed by atoms with Crippen LogP contribution in [-0.2, 0) is 6.42 Å². The first-order valence-corrected chi connectivity index (χ1v) is 7.98. The van der Waals surface area contributed by atoms with E-state index in [9.17, 15) is 4.79 Å². The van der Waals surface area contributed by atoms with Crippen molar-refractivity contribution in [3.05, 3.63) is 50.4 Å². The summed E-state index contributed by atoms with van der Waals surface area (Å²) < 4.78 is 1.02. The average Bonchev–Trinajstić information content (AvgIpc) is 2.88. The van der Waals surface area contributed by atoms with E-state index in [0.29, 0.717) is 18.7 Å². The Kier molecular flexibility index (Phi) is 5.28. The van der Waals surface area contributed by atoms with Gasteiger partial charge in [-0.25, -0.2) is 4.98 Å². The third-order valence-electron chi connectivity index (χ3n) is 2.86. The molecule has 20 heavy (non-hydrogen) atoms. The van der Waals surface area contributed by atoms with Gasteiger partial charge >= 0.3 is 0 Å². The van der Waals surface area contributed by atoms with Crippen LogP contribution < -0.4 is 11.1 Å². The van der Waals surface area contributed by atoms with Crippen molar-refractivity contribution in [2.24, 2.45) is 5.73 Å². The van der Waals surface area contributed by atoms with Gasteiger partial charge < -0.3 is 11.1 Å². The standard InChI is InChI=1S/C14H16BrN3OS/c1-9(10-2-4-11(15)5-3-10)17-14(19)12-8-20-13(18-12)6-7-16/h2-5,8-9H,6-7,16H2,1H3,(H,17,19)/t9-/m0/s1. The van der Waals surface area contributed by atoms with E-state index in [2.05, 4.69) is 26.2 Å². The Morgan fingerprint density at radius 3 is 2.80 bits per heavy atom. The topological polar surface area (TPSA) is 68.0 Å². The van der Waals surface area contributed by atoms with E-state index in [4.69, 9.17) is 5.73 Å². The summed E-state index contributed by atoms with van der Waals surface area (Å²) >= 11 is 4.86. The molecule has 0 aliphatic carbocycles. The quantitative estimate of drug-likeness (QED) is 0.868. The minimum absolute atomic E-state index is 0.0599. The van der Waals surface area contributed by atoms with Gasteiger partial charge in [0.2, 0.25) is 0 Å². The number of nitrogens with one attached hydrogen (secondary N) is 1. The van der Waals surface area contributed by atoms with Crippen LogP contribution in [0.25, 0.3) is 0 Å². The number of aromatic nitrogens is 1. The maximum atomic E-state index is 12.1. The number of nitrogens with zero attached hydrogens (tertiary/aromatic N) is 1. The predicted molar refractivity (Wildman–Crippen MR) is 84.9 cm³/mol. The van der Waals surface area contributed by atoms with Crippen LogP contribution in [0.1, 0.15) is 34.0 Å². The number of carbonyl (C=O) groups is 1. The van der Waals surface area contributed by atoms with Gasteiger partial charge in [-0.05, 0) is 31.2 Å². The van der Waals surface area contributed by atoms with Crippen molar-refractivity contribution in [2.45, 2.75) is 19.4 Å². The SMILES string of the molecule is C[C@H](NC(=O)c1csc(CCN)n1)c1ccc(Br)cc1. The normalized spacial score (nSPS) is 12.2. The Hall–Kier alpha value is -1.24. The lowest BCUT2D eigenvalue weighted by Gasteiger charge is -2.13. The van der Waals surface area contributed by atoms with E-state index in [0.717, 1.165) is 15.0 Å². The van der Waals surface area contributed by atoms with Gasteiger partial charge in [0, 0.05) is 16.3 Å². The molecule has 0 spiro atoms. The Balaban J connectivity index is 2.01. The van der Waals surface area contributed by atoms with Crippen molar-refractivity contribution in [1.29, 1.82) is 0 Å². The summed E-state index contributed by atoms with van der Waals surface area (Å²) in [6.07, 6.45) is 0.709. The lowest BCUT2D eigenvalue weighted by molar-refractivity contribution is 0.0935. The third-order valence-corrected chi connectivity index (χ3v) is 4.30. The zero-order valence-electron chi connectivity index (χ0n) is 11.1. The molecule has 4 nitrogen and oxygen atoms in total. The Morgan fingerprint density at radius 1 is 1.45 bits per heavy atom. The van der Waals surface area contributed by atoms with Crippen LogP contribution in [0.5, 0.6) is 0 Å². The molecule has 0 bridgehead atoms. The van der Waals surface area contributed by atoms with E-state index < -0.39 is 0 Å². The number of hydrogen-bond acceptors (Lipinski definition) is 4. The van der Waals surface area contributed by atoms with Crippen molar-refractivity contribution in [3.8, 4) is 0 Å². The first kappa shape index (κ1) is 15.2. The van der Waals surface area contributed by atoms with Gasteiger partial charge in [-0.1, -0.05) is 28.1 Å². The molecule has 2 rings (SSSR count). The molecule has 1 amide bonds. The zero-order valence-corrected chi connectivity index (χ0v) is 13.5. The number of rotatable bonds is 5. The molecule has 1 heterocycles. The van der Waals surface area contributed by atoms with Crippen LogP contribution >= 0.6 is 27.3 Å². The molecule has 3 N–H and O–H groups in total. The monoisotopic (exact) mass is 353 g/mol. The first-order valence-electron chi connectivity index (χ1n) is 6.31. The summed E-state index contributed by atoms with van der Waals surface area (Å²) in [5.74, 6) is -0.153. The molecule has 1 atom stereocenters. The molecule has 0 aliphatic rings. The summed E-state index contributed by atoms with van der Waals surface area (Å²) in [5.41, 5.74) is 6.99. The van der Waals surface area contributed by atoms with Crippen LogP contribution in [0.2, 0.25) is 0 Å². The lowest BCUT2D eigenvalue weighted by atomic mass is 10.1. The highest BCUT2D eigenvalue weighted by Crippen LogP contribution is 2.17. The largest absolute Gasteiger partial charge is 0.344 e. The molecule has 1 aromatic heterocycles. The summed E-state index contributed by atoms with van der Waals surface area (Å²) in [6, 6.07) is 7.82.